The Hall–Kier alpha value is -6.40. The van der Waals surface area contributed by atoms with Gasteiger partial charge in [-0.2, -0.15) is 0 Å². The van der Waals surface area contributed by atoms with Gasteiger partial charge in [0, 0.05) is 58.6 Å². The van der Waals surface area contributed by atoms with Crippen molar-refractivity contribution < 1.29 is 8.78 Å². The number of hydrogen-bond acceptors (Lipinski definition) is 3. The third-order valence-electron chi connectivity index (χ3n) is 13.0. The number of thiophene rings is 2. The average Bonchev–Trinajstić information content (AvgIpc) is 3.77. The molecule has 1 aliphatic carbocycles. The second-order valence-corrected chi connectivity index (χ2v) is 18.9. The maximum Gasteiger partial charge on any atom is 0.123 e. The van der Waals surface area contributed by atoms with E-state index in [-0.39, 0.29) is 23.5 Å². The molecule has 0 amide bonds. The molecule has 0 spiro atoms. The largest absolute Gasteiger partial charge is 0.310 e. The number of halogens is 2. The Morgan fingerprint density at radius 2 is 1.19 bits per heavy atom. The van der Waals surface area contributed by atoms with Gasteiger partial charge < -0.3 is 4.90 Å². The summed E-state index contributed by atoms with van der Waals surface area (Å²) in [6.45, 7) is 4.56. The quantitative estimate of drug-likeness (QED) is 0.131. The first-order valence-electron chi connectivity index (χ1n) is 21.5. The molecule has 1 aliphatic rings. The van der Waals surface area contributed by atoms with E-state index in [0.717, 1.165) is 47.3 Å². The number of hydrogen-bond donors (Lipinski definition) is 0. The first-order valence-corrected chi connectivity index (χ1v) is 23.1. The average molecular weight is 844 g/mol. The fourth-order valence-corrected chi connectivity index (χ4v) is 12.0. The van der Waals surface area contributed by atoms with E-state index >= 15 is 0 Å². The van der Waals surface area contributed by atoms with Crippen molar-refractivity contribution in [2.75, 3.05) is 4.90 Å². The number of allylic oxidation sites excluding steroid dienone is 3. The van der Waals surface area contributed by atoms with Crippen LogP contribution in [0.4, 0.5) is 25.8 Å². The third-order valence-corrected chi connectivity index (χ3v) is 15.3. The lowest BCUT2D eigenvalue weighted by Gasteiger charge is -2.26. The predicted octanol–water partition coefficient (Wildman–Crippen LogP) is 17.4. The van der Waals surface area contributed by atoms with E-state index in [1.165, 1.54) is 85.7 Å². The van der Waals surface area contributed by atoms with Crippen LogP contribution >= 0.6 is 22.7 Å². The van der Waals surface area contributed by atoms with Crippen LogP contribution in [0.25, 0.3) is 57.9 Å². The van der Waals surface area contributed by atoms with Crippen LogP contribution in [0.5, 0.6) is 0 Å². The zero-order valence-corrected chi connectivity index (χ0v) is 36.2. The number of benzene rings is 8. The van der Waals surface area contributed by atoms with Crippen LogP contribution in [0, 0.1) is 11.6 Å². The fourth-order valence-electron chi connectivity index (χ4n) is 9.60. The summed E-state index contributed by atoms with van der Waals surface area (Å²) in [6, 6.07) is 54.3. The second-order valence-electron chi connectivity index (χ2n) is 16.7. The smallest absolute Gasteiger partial charge is 0.123 e. The molecule has 62 heavy (non-hydrogen) atoms. The molecule has 0 fully saturated rings. The summed E-state index contributed by atoms with van der Waals surface area (Å²) in [7, 11) is 0. The molecular formula is C57H43F2NS2. The van der Waals surface area contributed by atoms with Crippen LogP contribution in [0.2, 0.25) is 0 Å². The standard InChI is InChI=1S/C57H43F2NS2/c1-3-36-7-6-9-50-52-28-24-46(34-57(52)62-55(50)30-36)60(44-21-19-43(59)20-22-44)45-23-27-48-40(32-45)14-13-39-31-38(15-25-47(39)48)35(2)53(29-37-11-17-42(58)18-12-37)41-16-26-51-49-8-4-5-10-54(49)61-56(51)33-41/h4-28,31-35,53H,3,29-30H2,1-2H3. The molecule has 5 heteroatoms. The van der Waals surface area contributed by atoms with E-state index < -0.39 is 0 Å². The van der Waals surface area contributed by atoms with Gasteiger partial charge in [-0.25, -0.2) is 8.78 Å². The summed E-state index contributed by atoms with van der Waals surface area (Å²) >= 11 is 3.72. The minimum atomic E-state index is -0.254. The van der Waals surface area contributed by atoms with E-state index in [1.807, 2.05) is 46.9 Å². The molecular weight excluding hydrogens is 801 g/mol. The lowest BCUT2D eigenvalue weighted by atomic mass is 9.78. The van der Waals surface area contributed by atoms with Crippen molar-refractivity contribution in [1.82, 2.24) is 0 Å². The van der Waals surface area contributed by atoms with Crippen LogP contribution in [0.15, 0.2) is 175 Å². The van der Waals surface area contributed by atoms with E-state index in [2.05, 4.69) is 146 Å². The molecule has 10 aromatic rings. The highest BCUT2D eigenvalue weighted by Gasteiger charge is 2.24. The SMILES string of the molecule is CCC1=CC=Cc2c(sc3cc(N(c4ccc(F)cc4)c4ccc5c(ccc6cc(C(C)C(Cc7ccc(F)cc7)c7ccc8c(c7)sc7ccccc78)ccc65)c4)ccc23)C1. The Morgan fingerprint density at radius 3 is 1.98 bits per heavy atom. The van der Waals surface area contributed by atoms with Gasteiger partial charge in [0.1, 0.15) is 11.6 Å². The molecule has 0 saturated carbocycles. The lowest BCUT2D eigenvalue weighted by Crippen LogP contribution is -2.12. The van der Waals surface area contributed by atoms with E-state index in [9.17, 15) is 8.78 Å². The van der Waals surface area contributed by atoms with Crippen molar-refractivity contribution in [2.45, 2.75) is 44.9 Å². The maximum absolute atomic E-state index is 14.3. The number of fused-ring (bicyclic) bond motifs is 9. The Bertz CT molecular complexity index is 3390. The van der Waals surface area contributed by atoms with Crippen molar-refractivity contribution in [3.8, 4) is 0 Å². The summed E-state index contributed by atoms with van der Waals surface area (Å²) in [5.41, 5.74) is 9.42. The fraction of sp³-hybridized carbons (Fsp3) is 0.123. The highest BCUT2D eigenvalue weighted by Crippen LogP contribution is 2.44. The molecule has 2 aromatic heterocycles. The van der Waals surface area contributed by atoms with Crippen LogP contribution in [-0.4, -0.2) is 0 Å². The van der Waals surface area contributed by atoms with Gasteiger partial charge >= 0.3 is 0 Å². The van der Waals surface area contributed by atoms with E-state index in [4.69, 9.17) is 0 Å². The van der Waals surface area contributed by atoms with Crippen LogP contribution in [-0.2, 0) is 12.8 Å². The molecule has 0 bridgehead atoms. The Labute approximate surface area is 368 Å². The van der Waals surface area contributed by atoms with Gasteiger partial charge in [-0.15, -0.1) is 22.7 Å². The summed E-state index contributed by atoms with van der Waals surface area (Å²) in [5.74, 6) is -0.0963. The maximum atomic E-state index is 14.3. The van der Waals surface area contributed by atoms with Crippen molar-refractivity contribution in [2.24, 2.45) is 0 Å². The summed E-state index contributed by atoms with van der Waals surface area (Å²) in [5, 5.41) is 8.59. The molecule has 11 rings (SSSR count). The first kappa shape index (κ1) is 38.5. The molecule has 2 unspecified atom stereocenters. The summed E-state index contributed by atoms with van der Waals surface area (Å²) in [4.78, 5) is 3.64. The van der Waals surface area contributed by atoms with Crippen LogP contribution < -0.4 is 4.90 Å². The molecule has 2 atom stereocenters. The molecule has 0 radical (unpaired) electrons. The molecule has 0 aliphatic heterocycles. The minimum absolute atomic E-state index is 0.179. The Morgan fingerprint density at radius 1 is 0.565 bits per heavy atom. The molecule has 2 heterocycles. The number of nitrogens with zero attached hydrogens (tertiary/aromatic N) is 1. The van der Waals surface area contributed by atoms with Gasteiger partial charge in [0.2, 0.25) is 0 Å². The van der Waals surface area contributed by atoms with Crippen molar-refractivity contribution >= 4 is 97.6 Å². The molecule has 302 valence electrons. The Kier molecular flexibility index (Phi) is 9.82. The summed E-state index contributed by atoms with van der Waals surface area (Å²) in [6.07, 6.45) is 9.53. The van der Waals surface area contributed by atoms with Gasteiger partial charge in [-0.3, -0.25) is 0 Å². The van der Waals surface area contributed by atoms with Crippen molar-refractivity contribution in [3.63, 3.8) is 0 Å². The number of anilines is 3. The van der Waals surface area contributed by atoms with E-state index in [0.29, 0.717) is 0 Å². The van der Waals surface area contributed by atoms with Gasteiger partial charge in [0.05, 0.1) is 0 Å². The zero-order chi connectivity index (χ0) is 41.9. The summed E-state index contributed by atoms with van der Waals surface area (Å²) < 4.78 is 32.2. The van der Waals surface area contributed by atoms with Crippen molar-refractivity contribution in [1.29, 1.82) is 0 Å². The molecule has 8 aromatic carbocycles. The third kappa shape index (κ3) is 7.00. The second kappa shape index (κ2) is 15.8. The van der Waals surface area contributed by atoms with Gasteiger partial charge in [-0.05, 0) is 141 Å². The molecule has 0 N–H and O–H groups in total. The zero-order valence-electron chi connectivity index (χ0n) is 34.5. The van der Waals surface area contributed by atoms with E-state index in [1.54, 1.807) is 12.1 Å². The number of rotatable bonds is 9. The normalized spacial score (nSPS) is 13.8. The lowest BCUT2D eigenvalue weighted by molar-refractivity contribution is 0.571. The monoisotopic (exact) mass is 843 g/mol. The first-order chi connectivity index (χ1) is 30.4. The van der Waals surface area contributed by atoms with Gasteiger partial charge in [0.15, 0.2) is 0 Å². The topological polar surface area (TPSA) is 3.24 Å². The van der Waals surface area contributed by atoms with Crippen molar-refractivity contribution in [3.05, 3.63) is 214 Å². The van der Waals surface area contributed by atoms with Crippen LogP contribution in [0.1, 0.15) is 59.2 Å². The molecule has 1 nitrogen and oxygen atoms in total. The minimum Gasteiger partial charge on any atom is -0.310 e. The van der Waals surface area contributed by atoms with Gasteiger partial charge in [0.25, 0.3) is 0 Å². The highest BCUT2D eigenvalue weighted by molar-refractivity contribution is 7.25. The highest BCUT2D eigenvalue weighted by atomic mass is 32.1. The predicted molar refractivity (Wildman–Crippen MR) is 263 cm³/mol. The van der Waals surface area contributed by atoms with Crippen LogP contribution in [0.3, 0.4) is 0 Å². The Balaban J connectivity index is 0.956. The van der Waals surface area contributed by atoms with Gasteiger partial charge in [-0.1, -0.05) is 123 Å². The molecule has 0 saturated heterocycles.